The standard InChI is InChI=1S/C6H9NO3/c7-5(6(9)10)3-1-2-4-8/h4,7H,1-3H2,(H,9,10). The number of aldehydes is 1. The van der Waals surface area contributed by atoms with E-state index in [0.29, 0.717) is 12.8 Å². The lowest BCUT2D eigenvalue weighted by Crippen LogP contribution is -2.10. The first-order valence-corrected chi connectivity index (χ1v) is 2.93. The molecular formula is C6H9NO3. The van der Waals surface area contributed by atoms with Crippen LogP contribution in [0.15, 0.2) is 0 Å². The fraction of sp³-hybridized carbons (Fsp3) is 0.500. The quantitative estimate of drug-likeness (QED) is 0.333. The highest BCUT2D eigenvalue weighted by atomic mass is 16.4. The number of unbranched alkanes of at least 4 members (excludes halogenated alkanes) is 1. The van der Waals surface area contributed by atoms with Crippen LogP contribution in [0, 0.1) is 5.41 Å². The van der Waals surface area contributed by atoms with Gasteiger partial charge in [0.2, 0.25) is 0 Å². The Balaban J connectivity index is 3.40. The molecule has 0 radical (unpaired) electrons. The lowest BCUT2D eigenvalue weighted by atomic mass is 10.2. The summed E-state index contributed by atoms with van der Waals surface area (Å²) < 4.78 is 0. The van der Waals surface area contributed by atoms with Crippen LogP contribution in [0.2, 0.25) is 0 Å². The molecule has 0 saturated heterocycles. The monoisotopic (exact) mass is 143 g/mol. The minimum Gasteiger partial charge on any atom is -0.477 e. The van der Waals surface area contributed by atoms with Crippen LogP contribution in [0.1, 0.15) is 19.3 Å². The average Bonchev–Trinajstić information content (AvgIpc) is 1.88. The Hall–Kier alpha value is -1.19. The summed E-state index contributed by atoms with van der Waals surface area (Å²) in [6, 6.07) is 0. The predicted octanol–water partition coefficient (Wildman–Crippen LogP) is 0.460. The van der Waals surface area contributed by atoms with E-state index >= 15 is 0 Å². The van der Waals surface area contributed by atoms with Gasteiger partial charge in [0.1, 0.15) is 12.0 Å². The zero-order valence-electron chi connectivity index (χ0n) is 5.46. The third-order valence-electron chi connectivity index (χ3n) is 1.01. The second-order valence-electron chi connectivity index (χ2n) is 1.84. The van der Waals surface area contributed by atoms with Gasteiger partial charge in [-0.1, -0.05) is 0 Å². The molecule has 0 aliphatic rings. The van der Waals surface area contributed by atoms with Crippen LogP contribution in [0.5, 0.6) is 0 Å². The van der Waals surface area contributed by atoms with E-state index in [2.05, 4.69) is 0 Å². The molecule has 0 rings (SSSR count). The zero-order chi connectivity index (χ0) is 7.98. The van der Waals surface area contributed by atoms with E-state index in [1.807, 2.05) is 0 Å². The van der Waals surface area contributed by atoms with Gasteiger partial charge >= 0.3 is 5.97 Å². The molecule has 0 unspecified atom stereocenters. The zero-order valence-corrected chi connectivity index (χ0v) is 5.46. The molecule has 0 heterocycles. The number of rotatable bonds is 5. The van der Waals surface area contributed by atoms with Crippen molar-refractivity contribution in [1.82, 2.24) is 0 Å². The molecule has 4 nitrogen and oxygen atoms in total. The largest absolute Gasteiger partial charge is 0.477 e. The van der Waals surface area contributed by atoms with E-state index in [1.54, 1.807) is 0 Å². The van der Waals surface area contributed by atoms with Gasteiger partial charge in [-0.05, 0) is 12.8 Å². The van der Waals surface area contributed by atoms with Crippen molar-refractivity contribution in [3.05, 3.63) is 0 Å². The Labute approximate surface area is 58.4 Å². The molecule has 0 saturated carbocycles. The van der Waals surface area contributed by atoms with E-state index in [-0.39, 0.29) is 12.1 Å². The number of aliphatic carboxylic acids is 1. The van der Waals surface area contributed by atoms with Gasteiger partial charge in [0.25, 0.3) is 0 Å². The molecule has 56 valence electrons. The first-order chi connectivity index (χ1) is 4.68. The van der Waals surface area contributed by atoms with Crippen molar-refractivity contribution in [3.63, 3.8) is 0 Å². The molecule has 0 aromatic carbocycles. The van der Waals surface area contributed by atoms with Gasteiger partial charge in [0.15, 0.2) is 0 Å². The summed E-state index contributed by atoms with van der Waals surface area (Å²) in [6.07, 6.45) is 1.67. The van der Waals surface area contributed by atoms with Crippen molar-refractivity contribution in [2.24, 2.45) is 0 Å². The van der Waals surface area contributed by atoms with E-state index in [0.717, 1.165) is 6.29 Å². The molecule has 0 atom stereocenters. The lowest BCUT2D eigenvalue weighted by Gasteiger charge is -1.92. The van der Waals surface area contributed by atoms with Crippen LogP contribution in [0.3, 0.4) is 0 Å². The van der Waals surface area contributed by atoms with Crippen molar-refractivity contribution in [3.8, 4) is 0 Å². The van der Waals surface area contributed by atoms with Crippen LogP contribution >= 0.6 is 0 Å². The molecule has 0 fully saturated rings. The normalized spacial score (nSPS) is 8.80. The second-order valence-corrected chi connectivity index (χ2v) is 1.84. The van der Waals surface area contributed by atoms with Gasteiger partial charge in [-0.2, -0.15) is 0 Å². The highest BCUT2D eigenvalue weighted by molar-refractivity contribution is 6.34. The molecule has 4 heteroatoms. The Morgan fingerprint density at radius 1 is 1.60 bits per heavy atom. The summed E-state index contributed by atoms with van der Waals surface area (Å²) in [5.74, 6) is -1.20. The first-order valence-electron chi connectivity index (χ1n) is 2.93. The van der Waals surface area contributed by atoms with Crippen LogP contribution < -0.4 is 0 Å². The third-order valence-corrected chi connectivity index (χ3v) is 1.01. The van der Waals surface area contributed by atoms with E-state index in [4.69, 9.17) is 10.5 Å². The number of nitrogens with one attached hydrogen (secondary N) is 1. The highest BCUT2D eigenvalue weighted by Gasteiger charge is 2.04. The topological polar surface area (TPSA) is 78.2 Å². The van der Waals surface area contributed by atoms with Gasteiger partial charge < -0.3 is 9.90 Å². The van der Waals surface area contributed by atoms with Crippen LogP contribution in [-0.2, 0) is 9.59 Å². The number of carbonyl (C=O) groups excluding carboxylic acids is 1. The van der Waals surface area contributed by atoms with Crippen LogP contribution in [-0.4, -0.2) is 23.1 Å². The van der Waals surface area contributed by atoms with Gasteiger partial charge in [0.05, 0.1) is 0 Å². The Morgan fingerprint density at radius 2 is 2.20 bits per heavy atom. The van der Waals surface area contributed by atoms with Crippen molar-refractivity contribution in [1.29, 1.82) is 5.41 Å². The van der Waals surface area contributed by atoms with Crippen LogP contribution in [0.25, 0.3) is 0 Å². The number of hydrogen-bond donors (Lipinski definition) is 2. The molecule has 0 amide bonds. The molecule has 0 spiro atoms. The van der Waals surface area contributed by atoms with Crippen molar-refractivity contribution in [2.75, 3.05) is 0 Å². The fourth-order valence-corrected chi connectivity index (χ4v) is 0.469. The minimum absolute atomic E-state index is 0.175. The predicted molar refractivity (Wildman–Crippen MR) is 35.3 cm³/mol. The Bertz CT molecular complexity index is 153. The van der Waals surface area contributed by atoms with Crippen molar-refractivity contribution in [2.45, 2.75) is 19.3 Å². The lowest BCUT2D eigenvalue weighted by molar-refractivity contribution is -0.129. The van der Waals surface area contributed by atoms with Crippen LogP contribution in [0.4, 0.5) is 0 Å². The highest BCUT2D eigenvalue weighted by Crippen LogP contribution is 1.93. The summed E-state index contributed by atoms with van der Waals surface area (Å²) in [5, 5.41) is 15.0. The summed E-state index contributed by atoms with van der Waals surface area (Å²) in [7, 11) is 0. The Kier molecular flexibility index (Phi) is 4.11. The first kappa shape index (κ1) is 8.81. The molecule has 0 aromatic heterocycles. The SMILES string of the molecule is N=C(CCCC=O)C(=O)O. The summed E-state index contributed by atoms with van der Waals surface area (Å²) >= 11 is 0. The number of hydrogen-bond acceptors (Lipinski definition) is 3. The molecule has 0 aromatic rings. The number of carboxylic acids is 1. The molecule has 10 heavy (non-hydrogen) atoms. The van der Waals surface area contributed by atoms with Gasteiger partial charge in [-0.15, -0.1) is 0 Å². The second kappa shape index (κ2) is 4.67. The average molecular weight is 143 g/mol. The third kappa shape index (κ3) is 3.77. The maximum Gasteiger partial charge on any atom is 0.349 e. The molecule has 0 aliphatic heterocycles. The summed E-state index contributed by atoms with van der Waals surface area (Å²) in [6.45, 7) is 0. The van der Waals surface area contributed by atoms with Gasteiger partial charge in [0, 0.05) is 6.42 Å². The van der Waals surface area contributed by atoms with Crippen molar-refractivity contribution >= 4 is 18.0 Å². The number of carbonyl (C=O) groups is 2. The fourth-order valence-electron chi connectivity index (χ4n) is 0.469. The summed E-state index contributed by atoms with van der Waals surface area (Å²) in [4.78, 5) is 19.7. The smallest absolute Gasteiger partial charge is 0.349 e. The van der Waals surface area contributed by atoms with Gasteiger partial charge in [-0.3, -0.25) is 5.41 Å². The van der Waals surface area contributed by atoms with E-state index < -0.39 is 5.97 Å². The minimum atomic E-state index is -1.20. The molecular weight excluding hydrogens is 134 g/mol. The molecule has 0 bridgehead atoms. The maximum absolute atomic E-state index is 9.98. The molecule has 2 N–H and O–H groups in total. The van der Waals surface area contributed by atoms with E-state index in [1.165, 1.54) is 0 Å². The Morgan fingerprint density at radius 3 is 2.60 bits per heavy atom. The number of carboxylic acid groups (broad SMARTS) is 1. The van der Waals surface area contributed by atoms with Crippen molar-refractivity contribution < 1.29 is 14.7 Å². The van der Waals surface area contributed by atoms with Gasteiger partial charge in [-0.25, -0.2) is 4.79 Å². The summed E-state index contributed by atoms with van der Waals surface area (Å²) in [5.41, 5.74) is -0.332. The molecule has 0 aliphatic carbocycles. The van der Waals surface area contributed by atoms with E-state index in [9.17, 15) is 9.59 Å². The maximum atomic E-state index is 9.98.